The van der Waals surface area contributed by atoms with Crippen LogP contribution in [0.15, 0.2) is 60.8 Å². The number of aliphatic hydroxyl groups excluding tert-OH is 2. The van der Waals surface area contributed by atoms with E-state index in [1.807, 2.05) is 54.7 Å². The van der Waals surface area contributed by atoms with E-state index in [1.54, 1.807) is 0 Å². The molecule has 6 heteroatoms. The van der Waals surface area contributed by atoms with E-state index >= 15 is 0 Å². The maximum Gasteiger partial charge on any atom is 0.306 e. The van der Waals surface area contributed by atoms with Crippen LogP contribution in [0.1, 0.15) is 175 Å². The number of amides is 1. The first kappa shape index (κ1) is 46.6. The van der Waals surface area contributed by atoms with Crippen LogP contribution in [0.4, 0.5) is 0 Å². The van der Waals surface area contributed by atoms with Crippen molar-refractivity contribution in [3.8, 4) is 0 Å². The molecule has 49 heavy (non-hydrogen) atoms. The Hall–Kier alpha value is -2.44. The van der Waals surface area contributed by atoms with Gasteiger partial charge in [-0.3, -0.25) is 9.59 Å². The molecule has 282 valence electrons. The van der Waals surface area contributed by atoms with E-state index in [9.17, 15) is 19.8 Å². The normalized spacial score (nSPS) is 14.1. The lowest BCUT2D eigenvalue weighted by atomic mass is 10.0. The van der Waals surface area contributed by atoms with E-state index in [1.165, 1.54) is 70.6 Å². The first-order chi connectivity index (χ1) is 24.0. The third kappa shape index (κ3) is 32.5. The van der Waals surface area contributed by atoms with Gasteiger partial charge >= 0.3 is 5.97 Å². The van der Waals surface area contributed by atoms with Crippen molar-refractivity contribution in [2.75, 3.05) is 6.61 Å². The first-order valence-electron chi connectivity index (χ1n) is 20.1. The van der Waals surface area contributed by atoms with Gasteiger partial charge in [0.15, 0.2) is 0 Å². The summed E-state index contributed by atoms with van der Waals surface area (Å²) in [5, 5.41) is 23.4. The summed E-state index contributed by atoms with van der Waals surface area (Å²) >= 11 is 0. The average molecular weight is 686 g/mol. The third-order valence-electron chi connectivity index (χ3n) is 8.74. The maximum atomic E-state index is 13.0. The number of nitrogens with one attached hydrogen (secondary N) is 1. The van der Waals surface area contributed by atoms with Crippen LogP contribution in [-0.2, 0) is 14.3 Å². The number of aliphatic hydroxyl groups is 2. The molecular weight excluding hydrogens is 610 g/mol. The van der Waals surface area contributed by atoms with Crippen molar-refractivity contribution in [3.63, 3.8) is 0 Å². The molecule has 0 bridgehead atoms. The molecule has 3 atom stereocenters. The lowest BCUT2D eigenvalue weighted by molar-refractivity contribution is -0.151. The fourth-order valence-corrected chi connectivity index (χ4v) is 5.69. The van der Waals surface area contributed by atoms with Crippen LogP contribution < -0.4 is 5.32 Å². The average Bonchev–Trinajstić information content (AvgIpc) is 3.09. The second-order valence-electron chi connectivity index (χ2n) is 13.4. The molecule has 0 fully saturated rings. The molecule has 3 unspecified atom stereocenters. The predicted octanol–water partition coefficient (Wildman–Crippen LogP) is 10.9. The highest BCUT2D eigenvalue weighted by atomic mass is 16.5. The van der Waals surface area contributed by atoms with Crippen LogP contribution >= 0.6 is 0 Å². The van der Waals surface area contributed by atoms with Gasteiger partial charge in [-0.1, -0.05) is 184 Å². The lowest BCUT2D eigenvalue weighted by Crippen LogP contribution is -2.46. The van der Waals surface area contributed by atoms with Gasteiger partial charge in [-0.15, -0.1) is 0 Å². The summed E-state index contributed by atoms with van der Waals surface area (Å²) < 4.78 is 5.81. The van der Waals surface area contributed by atoms with Gasteiger partial charge in [0.05, 0.1) is 25.2 Å². The largest absolute Gasteiger partial charge is 0.462 e. The quantitative estimate of drug-likeness (QED) is 0.0356. The number of allylic oxidation sites excluding steroid dienone is 10. The molecule has 0 radical (unpaired) electrons. The number of carbonyl (C=O) groups is 2. The Labute approximate surface area is 301 Å². The number of rotatable bonds is 34. The number of ether oxygens (including phenoxy) is 1. The molecule has 3 N–H and O–H groups in total. The van der Waals surface area contributed by atoms with E-state index in [-0.39, 0.29) is 24.9 Å². The molecule has 0 aromatic rings. The molecule has 6 nitrogen and oxygen atoms in total. The minimum atomic E-state index is -0.795. The molecule has 0 saturated heterocycles. The van der Waals surface area contributed by atoms with Crippen LogP contribution in [0.2, 0.25) is 0 Å². The van der Waals surface area contributed by atoms with Gasteiger partial charge in [-0.2, -0.15) is 0 Å². The molecule has 0 aliphatic carbocycles. The summed E-state index contributed by atoms with van der Waals surface area (Å²) in [6.45, 7) is 6.24. The standard InChI is InChI=1S/C43H75NO5/c1-4-7-10-13-16-19-20-21-22-24-27-30-33-36-43(48)49-39(34-31-28-25-18-15-12-9-6-3)37-42(47)44-40(38-45)41(46)35-32-29-26-23-17-14-11-8-5-2/h7,10,13,16,19-22,24,27,39-41,45-46H,4-6,8-9,11-12,14-15,17-18,23,25-26,28-38H2,1-3H3,(H,44,47)/b10-7+,16-13+,20-19-,22-21-,27-24+. The van der Waals surface area contributed by atoms with E-state index in [0.29, 0.717) is 25.7 Å². The molecule has 0 aliphatic rings. The number of hydrogen-bond acceptors (Lipinski definition) is 5. The lowest BCUT2D eigenvalue weighted by Gasteiger charge is -2.24. The van der Waals surface area contributed by atoms with Gasteiger partial charge in [0, 0.05) is 6.42 Å². The van der Waals surface area contributed by atoms with Gasteiger partial charge in [0.1, 0.15) is 6.10 Å². The minimum absolute atomic E-state index is 0.0474. The van der Waals surface area contributed by atoms with E-state index in [4.69, 9.17) is 4.74 Å². The number of esters is 1. The first-order valence-corrected chi connectivity index (χ1v) is 20.1. The van der Waals surface area contributed by atoms with Crippen molar-refractivity contribution >= 4 is 11.9 Å². The fraction of sp³-hybridized carbons (Fsp3) is 0.721. The number of unbranched alkanes of at least 4 members (excludes halogenated alkanes) is 16. The second-order valence-corrected chi connectivity index (χ2v) is 13.4. The van der Waals surface area contributed by atoms with Crippen molar-refractivity contribution in [2.24, 2.45) is 0 Å². The van der Waals surface area contributed by atoms with Gasteiger partial charge in [0.25, 0.3) is 0 Å². The molecule has 1 amide bonds. The molecule has 0 aromatic carbocycles. The van der Waals surface area contributed by atoms with Crippen molar-refractivity contribution < 1.29 is 24.5 Å². The topological polar surface area (TPSA) is 95.9 Å². The van der Waals surface area contributed by atoms with Crippen molar-refractivity contribution in [2.45, 2.75) is 193 Å². The highest BCUT2D eigenvalue weighted by Gasteiger charge is 2.24. The maximum absolute atomic E-state index is 13.0. The Kier molecular flexibility index (Phi) is 35.0. The van der Waals surface area contributed by atoms with Crippen LogP contribution in [0.3, 0.4) is 0 Å². The Morgan fingerprint density at radius 3 is 1.59 bits per heavy atom. The molecule has 0 aliphatic heterocycles. The number of hydrogen-bond donors (Lipinski definition) is 3. The van der Waals surface area contributed by atoms with Crippen molar-refractivity contribution in [1.29, 1.82) is 0 Å². The Bertz CT molecular complexity index is 906. The number of carbonyl (C=O) groups excluding carboxylic acids is 2. The molecule has 0 aromatic heterocycles. The van der Waals surface area contributed by atoms with Crippen molar-refractivity contribution in [1.82, 2.24) is 5.32 Å². The summed E-state index contributed by atoms with van der Waals surface area (Å²) in [6.07, 6.45) is 42.9. The van der Waals surface area contributed by atoms with E-state index in [2.05, 4.69) is 32.2 Å². The van der Waals surface area contributed by atoms with Gasteiger partial charge in [-0.25, -0.2) is 0 Å². The van der Waals surface area contributed by atoms with Crippen LogP contribution in [0, 0.1) is 0 Å². The van der Waals surface area contributed by atoms with Gasteiger partial charge < -0.3 is 20.3 Å². The zero-order chi connectivity index (χ0) is 36.0. The summed E-state index contributed by atoms with van der Waals surface area (Å²) in [7, 11) is 0. The minimum Gasteiger partial charge on any atom is -0.462 e. The molecule has 0 saturated carbocycles. The monoisotopic (exact) mass is 686 g/mol. The Balaban J connectivity index is 4.70. The van der Waals surface area contributed by atoms with Crippen LogP contribution in [0.25, 0.3) is 0 Å². The molecule has 0 spiro atoms. The van der Waals surface area contributed by atoms with E-state index < -0.39 is 18.2 Å². The van der Waals surface area contributed by atoms with Crippen molar-refractivity contribution in [3.05, 3.63) is 60.8 Å². The highest BCUT2D eigenvalue weighted by Crippen LogP contribution is 2.16. The summed E-state index contributed by atoms with van der Waals surface area (Å²) in [5.74, 6) is -0.573. The van der Waals surface area contributed by atoms with Crippen LogP contribution in [-0.4, -0.2) is 46.9 Å². The summed E-state index contributed by atoms with van der Waals surface area (Å²) in [5.41, 5.74) is 0. The Morgan fingerprint density at radius 1 is 0.612 bits per heavy atom. The zero-order valence-corrected chi connectivity index (χ0v) is 31.8. The van der Waals surface area contributed by atoms with Crippen LogP contribution in [0.5, 0.6) is 0 Å². The highest BCUT2D eigenvalue weighted by molar-refractivity contribution is 5.77. The summed E-state index contributed by atoms with van der Waals surface area (Å²) in [4.78, 5) is 25.7. The molecular formula is C43H75NO5. The predicted molar refractivity (Wildman–Crippen MR) is 208 cm³/mol. The smallest absolute Gasteiger partial charge is 0.306 e. The van der Waals surface area contributed by atoms with Gasteiger partial charge in [0.2, 0.25) is 5.91 Å². The van der Waals surface area contributed by atoms with Gasteiger partial charge in [-0.05, 0) is 38.5 Å². The third-order valence-corrected chi connectivity index (χ3v) is 8.74. The summed E-state index contributed by atoms with van der Waals surface area (Å²) in [6, 6.07) is -0.711. The second kappa shape index (κ2) is 36.8. The molecule has 0 heterocycles. The Morgan fingerprint density at radius 2 is 1.08 bits per heavy atom. The SMILES string of the molecule is CC/C=C/C=C/C=C\C=C/C=C/CCCC(=O)OC(CCCCCCCCCC)CC(=O)NC(CO)C(O)CCCCCCCCCCC. The zero-order valence-electron chi connectivity index (χ0n) is 31.8. The molecule has 0 rings (SSSR count). The van der Waals surface area contributed by atoms with E-state index in [0.717, 1.165) is 51.4 Å². The fourth-order valence-electron chi connectivity index (χ4n) is 5.69.